The van der Waals surface area contributed by atoms with Gasteiger partial charge in [-0.3, -0.25) is 0 Å². The molecule has 21 heavy (non-hydrogen) atoms. The number of hydrogen-bond donors (Lipinski definition) is 1. The number of rotatable bonds is 2. The molecular formula is C17H21NO2S. The minimum atomic E-state index is -3.64. The largest absolute Gasteiger partial charge is 0.238 e. The molecule has 0 fully saturated rings. The van der Waals surface area contributed by atoms with Gasteiger partial charge in [-0.05, 0) is 41.2 Å². The van der Waals surface area contributed by atoms with E-state index >= 15 is 0 Å². The van der Waals surface area contributed by atoms with E-state index in [2.05, 4.69) is 45.9 Å². The Labute approximate surface area is 126 Å². The third-order valence-corrected chi connectivity index (χ3v) is 4.39. The fourth-order valence-corrected chi connectivity index (χ4v) is 2.74. The minimum Gasteiger partial charge on any atom is -0.225 e. The number of nitrogens with two attached hydrogens (primary N) is 1. The van der Waals surface area contributed by atoms with Crippen molar-refractivity contribution in [2.75, 3.05) is 0 Å². The summed E-state index contributed by atoms with van der Waals surface area (Å²) in [6.45, 7) is 8.60. The van der Waals surface area contributed by atoms with Crippen LogP contribution in [0.15, 0.2) is 47.4 Å². The number of sulfonamides is 1. The molecule has 0 bridgehead atoms. The van der Waals surface area contributed by atoms with Crippen molar-refractivity contribution in [3.8, 4) is 11.1 Å². The molecule has 0 unspecified atom stereocenters. The topological polar surface area (TPSA) is 60.2 Å². The first-order chi connectivity index (χ1) is 9.57. The van der Waals surface area contributed by atoms with E-state index in [0.717, 1.165) is 11.1 Å². The van der Waals surface area contributed by atoms with Crippen LogP contribution in [0, 0.1) is 6.92 Å². The van der Waals surface area contributed by atoms with E-state index in [0.29, 0.717) is 0 Å². The van der Waals surface area contributed by atoms with E-state index in [9.17, 15) is 8.42 Å². The van der Waals surface area contributed by atoms with Gasteiger partial charge in [-0.15, -0.1) is 0 Å². The molecule has 0 atom stereocenters. The maximum atomic E-state index is 11.3. The Hall–Kier alpha value is -1.65. The van der Waals surface area contributed by atoms with Crippen molar-refractivity contribution < 1.29 is 8.42 Å². The number of primary sulfonamides is 1. The molecule has 2 aromatic carbocycles. The summed E-state index contributed by atoms with van der Waals surface area (Å²) in [5.41, 5.74) is 4.58. The van der Waals surface area contributed by atoms with Crippen molar-refractivity contribution in [1.29, 1.82) is 0 Å². The van der Waals surface area contributed by atoms with Crippen LogP contribution in [0.1, 0.15) is 31.9 Å². The zero-order chi connectivity index (χ0) is 15.8. The molecule has 3 nitrogen and oxygen atoms in total. The second kappa shape index (κ2) is 5.28. The first-order valence-electron chi connectivity index (χ1n) is 6.83. The van der Waals surface area contributed by atoms with Gasteiger partial charge in [0.1, 0.15) is 0 Å². The van der Waals surface area contributed by atoms with Crippen molar-refractivity contribution in [3.05, 3.63) is 53.6 Å². The first-order valence-corrected chi connectivity index (χ1v) is 8.37. The third-order valence-electron chi connectivity index (χ3n) is 3.46. The molecule has 0 aromatic heterocycles. The molecule has 0 spiro atoms. The number of hydrogen-bond acceptors (Lipinski definition) is 2. The highest BCUT2D eigenvalue weighted by Gasteiger charge is 2.15. The highest BCUT2D eigenvalue weighted by molar-refractivity contribution is 7.89. The fourth-order valence-electron chi connectivity index (χ4n) is 2.22. The van der Waals surface area contributed by atoms with E-state index in [1.807, 2.05) is 0 Å². The lowest BCUT2D eigenvalue weighted by Gasteiger charge is -2.21. The molecule has 2 aromatic rings. The zero-order valence-corrected chi connectivity index (χ0v) is 13.7. The summed E-state index contributed by atoms with van der Waals surface area (Å²) in [7, 11) is -3.64. The van der Waals surface area contributed by atoms with Crippen LogP contribution in [0.5, 0.6) is 0 Å². The van der Waals surface area contributed by atoms with Crippen LogP contribution in [0.2, 0.25) is 0 Å². The summed E-state index contributed by atoms with van der Waals surface area (Å²) >= 11 is 0. The third kappa shape index (κ3) is 3.71. The smallest absolute Gasteiger partial charge is 0.225 e. The van der Waals surface area contributed by atoms with E-state index in [1.54, 1.807) is 24.3 Å². The van der Waals surface area contributed by atoms with Crippen LogP contribution in [0.4, 0.5) is 0 Å². The van der Waals surface area contributed by atoms with Crippen molar-refractivity contribution in [3.63, 3.8) is 0 Å². The number of benzene rings is 2. The Bertz CT molecular complexity index is 754. The van der Waals surface area contributed by atoms with Crippen LogP contribution in [-0.4, -0.2) is 8.42 Å². The molecule has 0 aliphatic carbocycles. The Kier molecular flexibility index (Phi) is 3.95. The highest BCUT2D eigenvalue weighted by atomic mass is 32.2. The Morgan fingerprint density at radius 2 is 1.48 bits per heavy atom. The summed E-state index contributed by atoms with van der Waals surface area (Å²) < 4.78 is 22.6. The number of aryl methyl sites for hydroxylation is 1. The molecule has 0 aliphatic heterocycles. The van der Waals surface area contributed by atoms with Gasteiger partial charge in [0.25, 0.3) is 0 Å². The zero-order valence-electron chi connectivity index (χ0n) is 12.8. The fraction of sp³-hybridized carbons (Fsp3) is 0.294. The Morgan fingerprint density at radius 1 is 0.905 bits per heavy atom. The molecule has 0 saturated carbocycles. The first kappa shape index (κ1) is 15.7. The summed E-state index contributed by atoms with van der Waals surface area (Å²) in [4.78, 5) is 0.134. The van der Waals surface area contributed by atoms with E-state index in [-0.39, 0.29) is 10.3 Å². The molecule has 0 aliphatic rings. The quantitative estimate of drug-likeness (QED) is 0.921. The summed E-state index contributed by atoms with van der Waals surface area (Å²) in [5, 5.41) is 5.12. The summed E-state index contributed by atoms with van der Waals surface area (Å²) in [5.74, 6) is 0. The molecule has 112 valence electrons. The lowest BCUT2D eigenvalue weighted by molar-refractivity contribution is 0.590. The Balaban J connectivity index is 2.50. The molecule has 0 radical (unpaired) electrons. The maximum absolute atomic E-state index is 11.3. The van der Waals surface area contributed by atoms with Crippen LogP contribution >= 0.6 is 0 Å². The lowest BCUT2D eigenvalue weighted by Crippen LogP contribution is -2.12. The van der Waals surface area contributed by atoms with Crippen LogP contribution in [-0.2, 0) is 15.4 Å². The van der Waals surface area contributed by atoms with Crippen LogP contribution in [0.3, 0.4) is 0 Å². The van der Waals surface area contributed by atoms with Gasteiger partial charge < -0.3 is 0 Å². The van der Waals surface area contributed by atoms with E-state index < -0.39 is 10.0 Å². The lowest BCUT2D eigenvalue weighted by atomic mass is 9.84. The maximum Gasteiger partial charge on any atom is 0.238 e. The second-order valence-corrected chi connectivity index (χ2v) is 7.97. The van der Waals surface area contributed by atoms with Gasteiger partial charge in [-0.2, -0.15) is 0 Å². The molecule has 2 N–H and O–H groups in total. The van der Waals surface area contributed by atoms with Gasteiger partial charge >= 0.3 is 0 Å². The van der Waals surface area contributed by atoms with Gasteiger partial charge in [0.15, 0.2) is 0 Å². The van der Waals surface area contributed by atoms with Crippen molar-refractivity contribution in [2.24, 2.45) is 5.14 Å². The van der Waals surface area contributed by atoms with Gasteiger partial charge in [-0.1, -0.05) is 56.7 Å². The molecule has 2 rings (SSSR count). The predicted octanol–water partition coefficient (Wildman–Crippen LogP) is 3.61. The van der Waals surface area contributed by atoms with E-state index in [1.165, 1.54) is 11.1 Å². The average molecular weight is 303 g/mol. The SMILES string of the molecule is Cc1cc(-c2ccc(S(N)(=O)=O)cc2)cc(C(C)(C)C)c1. The van der Waals surface area contributed by atoms with Gasteiger partial charge in [0, 0.05) is 0 Å². The highest BCUT2D eigenvalue weighted by Crippen LogP contribution is 2.29. The molecule has 0 saturated heterocycles. The molecule has 0 amide bonds. The van der Waals surface area contributed by atoms with Gasteiger partial charge in [0.2, 0.25) is 10.0 Å². The van der Waals surface area contributed by atoms with Gasteiger partial charge in [-0.25, -0.2) is 13.6 Å². The molecular weight excluding hydrogens is 282 g/mol. The second-order valence-electron chi connectivity index (χ2n) is 6.41. The van der Waals surface area contributed by atoms with E-state index in [4.69, 9.17) is 5.14 Å². The van der Waals surface area contributed by atoms with Crippen LogP contribution < -0.4 is 5.14 Å². The van der Waals surface area contributed by atoms with Crippen molar-refractivity contribution in [1.82, 2.24) is 0 Å². The molecule has 0 heterocycles. The summed E-state index contributed by atoms with van der Waals surface area (Å²) in [6.07, 6.45) is 0. The van der Waals surface area contributed by atoms with Crippen LogP contribution in [0.25, 0.3) is 11.1 Å². The normalized spacial score (nSPS) is 12.4. The predicted molar refractivity (Wildman–Crippen MR) is 86.7 cm³/mol. The summed E-state index contributed by atoms with van der Waals surface area (Å²) in [6, 6.07) is 13.1. The van der Waals surface area contributed by atoms with Crippen molar-refractivity contribution in [2.45, 2.75) is 38.0 Å². The van der Waals surface area contributed by atoms with Gasteiger partial charge in [0.05, 0.1) is 4.90 Å². The minimum absolute atomic E-state index is 0.0707. The Morgan fingerprint density at radius 3 is 1.95 bits per heavy atom. The standard InChI is InChI=1S/C17H21NO2S/c1-12-9-14(11-15(10-12)17(2,3)4)13-5-7-16(8-6-13)21(18,19)20/h5-11H,1-4H3,(H2,18,19,20). The van der Waals surface area contributed by atoms with Crippen molar-refractivity contribution >= 4 is 10.0 Å². The average Bonchev–Trinajstić information content (AvgIpc) is 2.36. The molecule has 4 heteroatoms. The monoisotopic (exact) mass is 303 g/mol.